The van der Waals surface area contributed by atoms with Crippen LogP contribution >= 0.6 is 0 Å². The molecule has 1 amide bonds. The maximum absolute atomic E-state index is 13.2. The van der Waals surface area contributed by atoms with Crippen molar-refractivity contribution in [2.45, 2.75) is 38.0 Å². The molecule has 2 N–H and O–H groups in total. The maximum Gasteiger partial charge on any atom is 0.303 e. The fraction of sp³-hybridized carbons (Fsp3) is 0.320. The monoisotopic (exact) mass is 419 g/mol. The zero-order chi connectivity index (χ0) is 22.2. The van der Waals surface area contributed by atoms with Gasteiger partial charge in [-0.15, -0.1) is 0 Å². The minimum absolute atomic E-state index is 0.0760. The van der Waals surface area contributed by atoms with Crippen LogP contribution in [0.2, 0.25) is 0 Å². The summed E-state index contributed by atoms with van der Waals surface area (Å²) in [7, 11) is 3.96. The average molecular weight is 420 g/mol. The smallest absolute Gasteiger partial charge is 0.303 e. The number of carbonyl (C=O) groups is 2. The van der Waals surface area contributed by atoms with Crippen molar-refractivity contribution in [3.05, 3.63) is 66.4 Å². The number of para-hydroxylation sites is 1. The van der Waals surface area contributed by atoms with E-state index < -0.39 is 5.97 Å². The SMILES string of the molecule is CN(C)c1ccc([C@H](CCCCCC(=O)O)C(=O)Nc2cnc3ccccc3c2)cc1. The van der Waals surface area contributed by atoms with Crippen LogP contribution in [0.1, 0.15) is 43.6 Å². The van der Waals surface area contributed by atoms with Crippen LogP contribution in [0.4, 0.5) is 11.4 Å². The van der Waals surface area contributed by atoms with Crippen molar-refractivity contribution < 1.29 is 14.7 Å². The molecule has 1 atom stereocenters. The van der Waals surface area contributed by atoms with E-state index in [1.54, 1.807) is 6.20 Å². The number of carbonyl (C=O) groups excluding carboxylic acids is 1. The fourth-order valence-electron chi connectivity index (χ4n) is 3.62. The number of nitrogens with zero attached hydrogens (tertiary/aromatic N) is 2. The lowest BCUT2D eigenvalue weighted by molar-refractivity contribution is -0.137. The second kappa shape index (κ2) is 10.6. The number of hydrogen-bond donors (Lipinski definition) is 2. The van der Waals surface area contributed by atoms with E-state index in [1.165, 1.54) is 0 Å². The minimum Gasteiger partial charge on any atom is -0.481 e. The molecule has 0 unspecified atom stereocenters. The summed E-state index contributed by atoms with van der Waals surface area (Å²) in [5.74, 6) is -1.17. The van der Waals surface area contributed by atoms with Crippen LogP contribution in [-0.2, 0) is 9.59 Å². The molecule has 0 saturated carbocycles. The lowest BCUT2D eigenvalue weighted by atomic mass is 9.91. The molecule has 6 heteroatoms. The predicted octanol–water partition coefficient (Wildman–Crippen LogP) is 5.06. The molecule has 0 aliphatic rings. The van der Waals surface area contributed by atoms with Gasteiger partial charge in [0.2, 0.25) is 5.91 Å². The molecule has 0 saturated heterocycles. The summed E-state index contributed by atoms with van der Waals surface area (Å²) >= 11 is 0. The molecular formula is C25H29N3O3. The Bertz CT molecular complexity index is 1030. The molecule has 1 heterocycles. The summed E-state index contributed by atoms with van der Waals surface area (Å²) in [6, 6.07) is 17.7. The Labute approximate surface area is 182 Å². The minimum atomic E-state index is -0.780. The molecule has 0 aliphatic heterocycles. The van der Waals surface area contributed by atoms with Gasteiger partial charge in [0.25, 0.3) is 0 Å². The molecule has 31 heavy (non-hydrogen) atoms. The van der Waals surface area contributed by atoms with Crippen molar-refractivity contribution in [3.8, 4) is 0 Å². The summed E-state index contributed by atoms with van der Waals surface area (Å²) < 4.78 is 0. The third-order valence-electron chi connectivity index (χ3n) is 5.37. The van der Waals surface area contributed by atoms with Gasteiger partial charge in [-0.05, 0) is 42.7 Å². The normalized spacial score (nSPS) is 11.8. The number of benzene rings is 2. The molecule has 0 bridgehead atoms. The Kier molecular flexibility index (Phi) is 7.60. The number of unbranched alkanes of at least 4 members (excludes halogenated alkanes) is 2. The van der Waals surface area contributed by atoms with Crippen molar-refractivity contribution >= 4 is 34.2 Å². The second-order valence-corrected chi connectivity index (χ2v) is 7.94. The molecule has 2 aromatic carbocycles. The second-order valence-electron chi connectivity index (χ2n) is 7.94. The highest BCUT2D eigenvalue weighted by molar-refractivity contribution is 5.97. The number of pyridine rings is 1. The van der Waals surface area contributed by atoms with Crippen LogP contribution in [0.15, 0.2) is 60.8 Å². The van der Waals surface area contributed by atoms with Gasteiger partial charge in [0, 0.05) is 31.6 Å². The predicted molar refractivity (Wildman–Crippen MR) is 125 cm³/mol. The van der Waals surface area contributed by atoms with Crippen molar-refractivity contribution in [3.63, 3.8) is 0 Å². The average Bonchev–Trinajstić information content (AvgIpc) is 2.76. The Balaban J connectivity index is 1.74. The number of carboxylic acids is 1. The number of aliphatic carboxylic acids is 1. The topological polar surface area (TPSA) is 82.5 Å². The van der Waals surface area contributed by atoms with Crippen LogP contribution < -0.4 is 10.2 Å². The van der Waals surface area contributed by atoms with Gasteiger partial charge in [0.15, 0.2) is 0 Å². The standard InChI is InChI=1S/C25H29N3O3/c1-28(2)21-14-12-18(13-15-21)22(9-4-3-5-11-24(29)30)25(31)27-20-16-19-8-6-7-10-23(19)26-17-20/h6-8,10,12-17,22H,3-5,9,11H2,1-2H3,(H,27,31)(H,29,30)/t22-/m0/s1. The number of nitrogens with one attached hydrogen (secondary N) is 1. The highest BCUT2D eigenvalue weighted by Crippen LogP contribution is 2.27. The summed E-state index contributed by atoms with van der Waals surface area (Å²) in [6.07, 6.45) is 4.70. The number of amides is 1. The van der Waals surface area contributed by atoms with Gasteiger partial charge in [-0.1, -0.05) is 43.2 Å². The Hall–Kier alpha value is -3.41. The number of rotatable bonds is 10. The van der Waals surface area contributed by atoms with Crippen LogP contribution in [0.3, 0.4) is 0 Å². The lowest BCUT2D eigenvalue weighted by Gasteiger charge is -2.19. The van der Waals surface area contributed by atoms with E-state index in [-0.39, 0.29) is 18.2 Å². The van der Waals surface area contributed by atoms with Crippen LogP contribution in [0.5, 0.6) is 0 Å². The first-order valence-electron chi connectivity index (χ1n) is 10.6. The molecular weight excluding hydrogens is 390 g/mol. The quantitative estimate of drug-likeness (QED) is 0.449. The van der Waals surface area contributed by atoms with Gasteiger partial charge >= 0.3 is 5.97 Å². The highest BCUT2D eigenvalue weighted by atomic mass is 16.4. The zero-order valence-corrected chi connectivity index (χ0v) is 18.0. The molecule has 0 spiro atoms. The Morgan fingerprint density at radius 1 is 1.03 bits per heavy atom. The van der Waals surface area contributed by atoms with Crippen LogP contribution in [0.25, 0.3) is 10.9 Å². The number of carboxylic acid groups (broad SMARTS) is 1. The number of fused-ring (bicyclic) bond motifs is 1. The van der Waals surface area contributed by atoms with E-state index in [1.807, 2.05) is 73.6 Å². The van der Waals surface area contributed by atoms with Gasteiger partial charge in [-0.2, -0.15) is 0 Å². The highest BCUT2D eigenvalue weighted by Gasteiger charge is 2.21. The molecule has 3 rings (SSSR count). The zero-order valence-electron chi connectivity index (χ0n) is 18.0. The maximum atomic E-state index is 13.2. The summed E-state index contributed by atoms with van der Waals surface area (Å²) in [5.41, 5.74) is 3.58. The van der Waals surface area contributed by atoms with Crippen molar-refractivity contribution in [1.29, 1.82) is 0 Å². The van der Waals surface area contributed by atoms with Crippen molar-refractivity contribution in [2.24, 2.45) is 0 Å². The first kappa shape index (κ1) is 22.3. The number of aromatic nitrogens is 1. The van der Waals surface area contributed by atoms with E-state index in [4.69, 9.17) is 5.11 Å². The van der Waals surface area contributed by atoms with Gasteiger partial charge < -0.3 is 15.3 Å². The number of hydrogen-bond acceptors (Lipinski definition) is 4. The van der Waals surface area contributed by atoms with Crippen molar-refractivity contribution in [1.82, 2.24) is 4.98 Å². The first-order chi connectivity index (χ1) is 14.9. The van der Waals surface area contributed by atoms with E-state index in [2.05, 4.69) is 10.3 Å². The fourth-order valence-corrected chi connectivity index (χ4v) is 3.62. The molecule has 1 aromatic heterocycles. The molecule has 3 aromatic rings. The largest absolute Gasteiger partial charge is 0.481 e. The molecule has 6 nitrogen and oxygen atoms in total. The first-order valence-corrected chi connectivity index (χ1v) is 10.6. The van der Waals surface area contributed by atoms with E-state index in [0.717, 1.165) is 35.0 Å². The lowest BCUT2D eigenvalue weighted by Crippen LogP contribution is -2.21. The van der Waals surface area contributed by atoms with Crippen LogP contribution in [-0.4, -0.2) is 36.1 Å². The molecule has 0 fully saturated rings. The molecule has 162 valence electrons. The van der Waals surface area contributed by atoms with Gasteiger partial charge in [-0.3, -0.25) is 14.6 Å². The van der Waals surface area contributed by atoms with E-state index >= 15 is 0 Å². The summed E-state index contributed by atoms with van der Waals surface area (Å²) in [4.78, 5) is 30.4. The van der Waals surface area contributed by atoms with Crippen LogP contribution in [0, 0.1) is 0 Å². The van der Waals surface area contributed by atoms with E-state index in [0.29, 0.717) is 18.5 Å². The molecule has 0 aliphatic carbocycles. The van der Waals surface area contributed by atoms with Crippen molar-refractivity contribution in [2.75, 3.05) is 24.3 Å². The molecule has 0 radical (unpaired) electrons. The third-order valence-corrected chi connectivity index (χ3v) is 5.37. The third kappa shape index (κ3) is 6.28. The summed E-state index contributed by atoms with van der Waals surface area (Å²) in [5, 5.41) is 12.8. The summed E-state index contributed by atoms with van der Waals surface area (Å²) in [6.45, 7) is 0. The van der Waals surface area contributed by atoms with Gasteiger partial charge in [0.1, 0.15) is 0 Å². The van der Waals surface area contributed by atoms with Gasteiger partial charge in [0.05, 0.1) is 23.3 Å². The Morgan fingerprint density at radius 2 is 1.77 bits per heavy atom. The van der Waals surface area contributed by atoms with Gasteiger partial charge in [-0.25, -0.2) is 0 Å². The number of anilines is 2. The Morgan fingerprint density at radius 3 is 2.48 bits per heavy atom. The van der Waals surface area contributed by atoms with E-state index in [9.17, 15) is 9.59 Å².